The summed E-state index contributed by atoms with van der Waals surface area (Å²) in [5, 5.41) is 3.76. The first-order valence-corrected chi connectivity index (χ1v) is 11.9. The van der Waals surface area contributed by atoms with E-state index in [0.717, 1.165) is 18.7 Å². The van der Waals surface area contributed by atoms with E-state index in [-0.39, 0.29) is 11.9 Å². The van der Waals surface area contributed by atoms with E-state index in [2.05, 4.69) is 10.2 Å². The number of rotatable bonds is 11. The molecule has 33 heavy (non-hydrogen) atoms. The number of nitrogens with zero attached hydrogens (tertiary/aromatic N) is 1. The van der Waals surface area contributed by atoms with Gasteiger partial charge in [-0.15, -0.1) is 0 Å². The number of halogens is 1. The maximum absolute atomic E-state index is 13.2. The first-order chi connectivity index (χ1) is 16.1. The van der Waals surface area contributed by atoms with Gasteiger partial charge in [0, 0.05) is 30.2 Å². The van der Waals surface area contributed by atoms with Gasteiger partial charge in [-0.25, -0.2) is 0 Å². The van der Waals surface area contributed by atoms with E-state index >= 15 is 0 Å². The molecule has 1 aliphatic heterocycles. The average molecular weight is 477 g/mol. The molecule has 1 fully saturated rings. The smallest absolute Gasteiger partial charge is 0.251 e. The van der Waals surface area contributed by atoms with Crippen LogP contribution in [0.2, 0.25) is 5.02 Å². The van der Waals surface area contributed by atoms with Crippen LogP contribution in [0.1, 0.15) is 42.7 Å². The molecule has 0 aromatic heterocycles. The van der Waals surface area contributed by atoms with Crippen molar-refractivity contribution < 1.29 is 23.7 Å². The zero-order chi connectivity index (χ0) is 23.6. The van der Waals surface area contributed by atoms with Crippen LogP contribution in [-0.4, -0.2) is 63.5 Å². The summed E-state index contributed by atoms with van der Waals surface area (Å²) in [7, 11) is 0. The second kappa shape index (κ2) is 12.7. The summed E-state index contributed by atoms with van der Waals surface area (Å²) in [6.07, 6.45) is 0. The number of ether oxygens (including phenoxy) is 4. The Morgan fingerprint density at radius 2 is 1.64 bits per heavy atom. The molecule has 2 aromatic carbocycles. The number of carbonyl (C=O) groups excluding carboxylic acids is 1. The topological polar surface area (TPSA) is 69.3 Å². The van der Waals surface area contributed by atoms with Crippen molar-refractivity contribution in [1.29, 1.82) is 0 Å². The van der Waals surface area contributed by atoms with E-state index in [0.29, 0.717) is 67.4 Å². The number of amides is 1. The zero-order valence-corrected chi connectivity index (χ0v) is 20.3. The van der Waals surface area contributed by atoms with Crippen LogP contribution in [0.25, 0.3) is 0 Å². The largest absolute Gasteiger partial charge is 0.490 e. The minimum atomic E-state index is -0.217. The predicted molar refractivity (Wildman–Crippen MR) is 129 cm³/mol. The molecule has 0 spiro atoms. The molecule has 0 aliphatic carbocycles. The number of carbonyl (C=O) groups is 1. The highest BCUT2D eigenvalue weighted by Crippen LogP contribution is 2.39. The van der Waals surface area contributed by atoms with E-state index in [1.54, 1.807) is 12.1 Å². The Balaban J connectivity index is 1.84. The second-order valence-electron chi connectivity index (χ2n) is 7.50. The van der Waals surface area contributed by atoms with Crippen molar-refractivity contribution in [2.75, 3.05) is 52.7 Å². The van der Waals surface area contributed by atoms with E-state index in [1.807, 2.05) is 45.0 Å². The lowest BCUT2D eigenvalue weighted by Crippen LogP contribution is -2.44. The normalized spacial score (nSPS) is 15.0. The maximum atomic E-state index is 13.2. The number of morpholine rings is 1. The third-order valence-electron chi connectivity index (χ3n) is 5.38. The van der Waals surface area contributed by atoms with Crippen molar-refractivity contribution in [2.45, 2.75) is 26.8 Å². The van der Waals surface area contributed by atoms with Gasteiger partial charge in [0.15, 0.2) is 11.5 Å². The van der Waals surface area contributed by atoms with Gasteiger partial charge in [-0.2, -0.15) is 0 Å². The molecular formula is C25H33ClN2O5. The summed E-state index contributed by atoms with van der Waals surface area (Å²) in [5.74, 6) is 1.28. The van der Waals surface area contributed by atoms with Crippen LogP contribution in [0.15, 0.2) is 36.4 Å². The van der Waals surface area contributed by atoms with Crippen molar-refractivity contribution in [2.24, 2.45) is 0 Å². The van der Waals surface area contributed by atoms with Gasteiger partial charge in [-0.05, 0) is 44.5 Å². The standard InChI is InChI=1S/C25H33ClN2O5/c1-4-31-22-15-18(16-23(32-5-2)24(22)33-6-3)25(29)27-17-21(28-11-13-30-14-12-28)19-9-7-8-10-20(19)26/h7-10,15-16,21H,4-6,11-14,17H2,1-3H3,(H,27,29). The van der Waals surface area contributed by atoms with Crippen LogP contribution in [0.5, 0.6) is 17.2 Å². The summed E-state index contributed by atoms with van der Waals surface area (Å²) in [5.41, 5.74) is 1.43. The summed E-state index contributed by atoms with van der Waals surface area (Å²) in [6.45, 7) is 10.3. The molecule has 0 radical (unpaired) electrons. The highest BCUT2D eigenvalue weighted by Gasteiger charge is 2.26. The van der Waals surface area contributed by atoms with E-state index in [9.17, 15) is 4.79 Å². The third kappa shape index (κ3) is 6.53. The Morgan fingerprint density at radius 1 is 1.03 bits per heavy atom. The van der Waals surface area contributed by atoms with Crippen LogP contribution in [0.4, 0.5) is 0 Å². The molecule has 1 saturated heterocycles. The van der Waals surface area contributed by atoms with Crippen molar-refractivity contribution in [3.05, 3.63) is 52.5 Å². The third-order valence-corrected chi connectivity index (χ3v) is 5.72. The molecule has 2 aromatic rings. The van der Waals surface area contributed by atoms with Gasteiger partial charge in [0.25, 0.3) is 5.91 Å². The molecule has 8 heteroatoms. The number of hydrogen-bond acceptors (Lipinski definition) is 6. The van der Waals surface area contributed by atoms with Crippen molar-refractivity contribution in [3.8, 4) is 17.2 Å². The quantitative estimate of drug-likeness (QED) is 0.520. The Kier molecular flexibility index (Phi) is 9.66. The summed E-state index contributed by atoms with van der Waals surface area (Å²) in [4.78, 5) is 15.5. The van der Waals surface area contributed by atoms with E-state index in [1.165, 1.54) is 0 Å². The molecule has 1 N–H and O–H groups in total. The fraction of sp³-hybridized carbons (Fsp3) is 0.480. The molecule has 1 heterocycles. The first kappa shape index (κ1) is 25.1. The van der Waals surface area contributed by atoms with Gasteiger partial charge < -0.3 is 24.3 Å². The zero-order valence-electron chi connectivity index (χ0n) is 19.6. The maximum Gasteiger partial charge on any atom is 0.251 e. The molecule has 7 nitrogen and oxygen atoms in total. The average Bonchev–Trinajstić information content (AvgIpc) is 2.83. The number of hydrogen-bond donors (Lipinski definition) is 1. The van der Waals surface area contributed by atoms with Gasteiger partial charge in [0.1, 0.15) is 0 Å². The Morgan fingerprint density at radius 3 is 2.21 bits per heavy atom. The van der Waals surface area contributed by atoms with Gasteiger partial charge >= 0.3 is 0 Å². The van der Waals surface area contributed by atoms with Crippen molar-refractivity contribution >= 4 is 17.5 Å². The molecule has 180 valence electrons. The fourth-order valence-electron chi connectivity index (χ4n) is 3.88. The number of benzene rings is 2. The molecule has 1 atom stereocenters. The molecule has 3 rings (SSSR count). The van der Waals surface area contributed by atoms with E-state index in [4.69, 9.17) is 30.5 Å². The minimum Gasteiger partial charge on any atom is -0.490 e. The Labute approximate surface area is 200 Å². The monoisotopic (exact) mass is 476 g/mol. The lowest BCUT2D eigenvalue weighted by molar-refractivity contribution is 0.0162. The summed E-state index contributed by atoms with van der Waals surface area (Å²) >= 11 is 6.51. The summed E-state index contributed by atoms with van der Waals surface area (Å²) in [6, 6.07) is 11.1. The van der Waals surface area contributed by atoms with Gasteiger partial charge in [0.05, 0.1) is 39.1 Å². The van der Waals surface area contributed by atoms with Crippen LogP contribution in [0.3, 0.4) is 0 Å². The van der Waals surface area contributed by atoms with E-state index < -0.39 is 0 Å². The van der Waals surface area contributed by atoms with Crippen molar-refractivity contribution in [1.82, 2.24) is 10.2 Å². The minimum absolute atomic E-state index is 0.0630. The van der Waals surface area contributed by atoms with Gasteiger partial charge in [0.2, 0.25) is 5.75 Å². The number of nitrogens with one attached hydrogen (secondary N) is 1. The highest BCUT2D eigenvalue weighted by molar-refractivity contribution is 6.31. The first-order valence-electron chi connectivity index (χ1n) is 11.5. The molecule has 1 aliphatic rings. The second-order valence-corrected chi connectivity index (χ2v) is 7.90. The van der Waals surface area contributed by atoms with Crippen LogP contribution >= 0.6 is 11.6 Å². The Bertz CT molecular complexity index is 890. The lowest BCUT2D eigenvalue weighted by atomic mass is 10.0. The van der Waals surface area contributed by atoms with Crippen LogP contribution in [0, 0.1) is 0 Å². The highest BCUT2D eigenvalue weighted by atomic mass is 35.5. The Hall–Kier alpha value is -2.48. The molecule has 1 amide bonds. The van der Waals surface area contributed by atoms with Gasteiger partial charge in [-0.1, -0.05) is 29.8 Å². The van der Waals surface area contributed by atoms with Crippen molar-refractivity contribution in [3.63, 3.8) is 0 Å². The molecule has 0 saturated carbocycles. The fourth-order valence-corrected chi connectivity index (χ4v) is 4.14. The summed E-state index contributed by atoms with van der Waals surface area (Å²) < 4.78 is 22.8. The van der Waals surface area contributed by atoms with Crippen LogP contribution < -0.4 is 19.5 Å². The van der Waals surface area contributed by atoms with Gasteiger partial charge in [-0.3, -0.25) is 9.69 Å². The SMILES string of the molecule is CCOc1cc(C(=O)NCC(c2ccccc2Cl)N2CCOCC2)cc(OCC)c1OCC. The van der Waals surface area contributed by atoms with Crippen LogP contribution in [-0.2, 0) is 4.74 Å². The molecule has 0 bridgehead atoms. The predicted octanol–water partition coefficient (Wildman–Crippen LogP) is 4.34. The lowest BCUT2D eigenvalue weighted by Gasteiger charge is -2.35. The molecule has 1 unspecified atom stereocenters. The molecular weight excluding hydrogens is 444 g/mol.